The summed E-state index contributed by atoms with van der Waals surface area (Å²) in [4.78, 5) is 15.0. The molecule has 1 aliphatic heterocycles. The van der Waals surface area contributed by atoms with Crippen molar-refractivity contribution >= 4 is 17.5 Å². The normalized spacial score (nSPS) is 18.1. The molecule has 178 valence electrons. The van der Waals surface area contributed by atoms with E-state index in [1.165, 1.54) is 5.56 Å². The van der Waals surface area contributed by atoms with Crippen LogP contribution in [-0.2, 0) is 24.5 Å². The number of likely N-dealkylation sites (tertiary alicyclic amines) is 1. The number of benzene rings is 3. The average molecular weight is 478 g/mol. The molecular weight excluding hydrogens is 446 g/mol. The minimum Gasteiger partial charge on any atom is -0.489 e. The van der Waals surface area contributed by atoms with Gasteiger partial charge in [-0.15, -0.1) is 0 Å². The predicted molar refractivity (Wildman–Crippen MR) is 137 cm³/mol. The van der Waals surface area contributed by atoms with E-state index in [1.807, 2.05) is 61.5 Å². The third-order valence-corrected chi connectivity index (χ3v) is 6.37. The first-order valence-corrected chi connectivity index (χ1v) is 12.2. The summed E-state index contributed by atoms with van der Waals surface area (Å²) in [5.41, 5.74) is 3.50. The fourth-order valence-electron chi connectivity index (χ4n) is 4.32. The maximum absolute atomic E-state index is 12.7. The highest BCUT2D eigenvalue weighted by Crippen LogP contribution is 2.23. The van der Waals surface area contributed by atoms with E-state index in [0.29, 0.717) is 13.2 Å². The second-order valence-electron chi connectivity index (χ2n) is 8.70. The Morgan fingerprint density at radius 2 is 1.68 bits per heavy atom. The van der Waals surface area contributed by atoms with E-state index in [-0.39, 0.29) is 18.0 Å². The van der Waals surface area contributed by atoms with Crippen LogP contribution in [-0.4, -0.2) is 36.0 Å². The number of hydrogen-bond acceptors (Lipinski definition) is 4. The molecule has 34 heavy (non-hydrogen) atoms. The van der Waals surface area contributed by atoms with Gasteiger partial charge in [-0.05, 0) is 54.3 Å². The summed E-state index contributed by atoms with van der Waals surface area (Å²) in [6, 6.07) is 26.3. The highest BCUT2D eigenvalue weighted by Gasteiger charge is 2.36. The zero-order chi connectivity index (χ0) is 23.8. The van der Waals surface area contributed by atoms with Gasteiger partial charge in [0.05, 0.1) is 6.04 Å². The van der Waals surface area contributed by atoms with E-state index in [9.17, 15) is 4.79 Å². The SMILES string of the molecule is CCNC(=O)[C@@H]1C[C@H](NCc2ccc(OCc3ccccc3)cc2)CN1Cc1ccc(Cl)cc1. The lowest BCUT2D eigenvalue weighted by molar-refractivity contribution is -0.125. The zero-order valence-electron chi connectivity index (χ0n) is 19.5. The third-order valence-electron chi connectivity index (χ3n) is 6.12. The number of nitrogens with zero attached hydrogens (tertiary/aromatic N) is 1. The fraction of sp³-hybridized carbons (Fsp3) is 0.321. The van der Waals surface area contributed by atoms with E-state index in [2.05, 4.69) is 39.8 Å². The van der Waals surface area contributed by atoms with Crippen molar-refractivity contribution in [1.82, 2.24) is 15.5 Å². The van der Waals surface area contributed by atoms with Gasteiger partial charge in [-0.1, -0.05) is 66.2 Å². The van der Waals surface area contributed by atoms with E-state index >= 15 is 0 Å². The Bertz CT molecular complexity index is 1040. The van der Waals surface area contributed by atoms with Crippen molar-refractivity contribution in [2.24, 2.45) is 0 Å². The van der Waals surface area contributed by atoms with Gasteiger partial charge >= 0.3 is 0 Å². The van der Waals surface area contributed by atoms with Crippen LogP contribution in [0.3, 0.4) is 0 Å². The van der Waals surface area contributed by atoms with Crippen molar-refractivity contribution in [1.29, 1.82) is 0 Å². The first-order valence-electron chi connectivity index (χ1n) is 11.9. The standard InChI is InChI=1S/C28H32ClN3O2/c1-2-30-28(33)27-16-25(19-32(27)18-22-8-12-24(29)13-9-22)31-17-21-10-14-26(15-11-21)34-20-23-6-4-3-5-7-23/h3-15,25,27,31H,2,16-20H2,1H3,(H,30,33)/t25-,27-/m0/s1. The smallest absolute Gasteiger partial charge is 0.237 e. The molecule has 1 aliphatic rings. The highest BCUT2D eigenvalue weighted by molar-refractivity contribution is 6.30. The van der Waals surface area contributed by atoms with Crippen LogP contribution in [0.4, 0.5) is 0 Å². The number of rotatable bonds is 10. The third kappa shape index (κ3) is 6.83. The molecule has 1 amide bonds. The van der Waals surface area contributed by atoms with Crippen LogP contribution < -0.4 is 15.4 Å². The van der Waals surface area contributed by atoms with Gasteiger partial charge in [0.25, 0.3) is 0 Å². The van der Waals surface area contributed by atoms with Gasteiger partial charge in [0, 0.05) is 37.2 Å². The summed E-state index contributed by atoms with van der Waals surface area (Å²) in [5, 5.41) is 7.36. The first-order chi connectivity index (χ1) is 16.6. The number of ether oxygens (including phenoxy) is 1. The maximum atomic E-state index is 12.7. The number of nitrogens with one attached hydrogen (secondary N) is 2. The summed E-state index contributed by atoms with van der Waals surface area (Å²) in [5.74, 6) is 0.958. The molecule has 3 aromatic rings. The number of carbonyl (C=O) groups excluding carboxylic acids is 1. The monoisotopic (exact) mass is 477 g/mol. The number of likely N-dealkylation sites (N-methyl/N-ethyl adjacent to an activating group) is 1. The summed E-state index contributed by atoms with van der Waals surface area (Å²) in [6.45, 7) is 5.46. The number of hydrogen-bond donors (Lipinski definition) is 2. The lowest BCUT2D eigenvalue weighted by atomic mass is 10.1. The van der Waals surface area contributed by atoms with Gasteiger partial charge in [0.1, 0.15) is 12.4 Å². The second-order valence-corrected chi connectivity index (χ2v) is 9.13. The van der Waals surface area contributed by atoms with Gasteiger partial charge in [-0.2, -0.15) is 0 Å². The quantitative estimate of drug-likeness (QED) is 0.441. The molecule has 1 fully saturated rings. The van der Waals surface area contributed by atoms with Gasteiger partial charge in [-0.3, -0.25) is 9.69 Å². The van der Waals surface area contributed by atoms with Gasteiger partial charge in [-0.25, -0.2) is 0 Å². The molecule has 5 nitrogen and oxygen atoms in total. The summed E-state index contributed by atoms with van der Waals surface area (Å²) in [6.07, 6.45) is 0.789. The number of amides is 1. The van der Waals surface area contributed by atoms with Crippen LogP contribution in [0, 0.1) is 0 Å². The van der Waals surface area contributed by atoms with Crippen molar-refractivity contribution in [2.45, 2.75) is 45.1 Å². The minimum absolute atomic E-state index is 0.0979. The number of halogens is 1. The molecular formula is C28H32ClN3O2. The van der Waals surface area contributed by atoms with E-state index < -0.39 is 0 Å². The summed E-state index contributed by atoms with van der Waals surface area (Å²) in [7, 11) is 0. The second kappa shape index (κ2) is 12.0. The topological polar surface area (TPSA) is 53.6 Å². The Hall–Kier alpha value is -2.86. The molecule has 4 rings (SSSR count). The molecule has 0 unspecified atom stereocenters. The molecule has 0 saturated carbocycles. The van der Waals surface area contributed by atoms with Crippen molar-refractivity contribution in [2.75, 3.05) is 13.1 Å². The molecule has 6 heteroatoms. The average Bonchev–Trinajstić information content (AvgIpc) is 3.27. The minimum atomic E-state index is -0.137. The van der Waals surface area contributed by atoms with Crippen LogP contribution in [0.1, 0.15) is 30.0 Å². The molecule has 1 heterocycles. The van der Waals surface area contributed by atoms with Crippen LogP contribution in [0.5, 0.6) is 5.75 Å². The molecule has 0 spiro atoms. The molecule has 1 saturated heterocycles. The molecule has 0 bridgehead atoms. The Kier molecular flexibility index (Phi) is 8.58. The van der Waals surface area contributed by atoms with Gasteiger partial charge in [0.2, 0.25) is 5.91 Å². The van der Waals surface area contributed by atoms with Crippen LogP contribution in [0.2, 0.25) is 5.02 Å². The molecule has 0 aliphatic carbocycles. The molecule has 2 atom stereocenters. The first kappa shape index (κ1) is 24.3. The Morgan fingerprint density at radius 3 is 2.38 bits per heavy atom. The van der Waals surface area contributed by atoms with Gasteiger partial charge < -0.3 is 15.4 Å². The fourth-order valence-corrected chi connectivity index (χ4v) is 4.45. The lowest BCUT2D eigenvalue weighted by Crippen LogP contribution is -2.42. The molecule has 0 radical (unpaired) electrons. The van der Waals surface area contributed by atoms with E-state index in [0.717, 1.165) is 48.0 Å². The van der Waals surface area contributed by atoms with Crippen molar-refractivity contribution < 1.29 is 9.53 Å². The summed E-state index contributed by atoms with van der Waals surface area (Å²) < 4.78 is 5.89. The predicted octanol–water partition coefficient (Wildman–Crippen LogP) is 4.79. The largest absolute Gasteiger partial charge is 0.489 e. The molecule has 0 aromatic heterocycles. The summed E-state index contributed by atoms with van der Waals surface area (Å²) >= 11 is 6.03. The van der Waals surface area contributed by atoms with E-state index in [1.54, 1.807) is 0 Å². The van der Waals surface area contributed by atoms with Gasteiger partial charge in [0.15, 0.2) is 0 Å². The Balaban J connectivity index is 1.31. The number of carbonyl (C=O) groups is 1. The Labute approximate surface area is 207 Å². The highest BCUT2D eigenvalue weighted by atomic mass is 35.5. The Morgan fingerprint density at radius 1 is 0.971 bits per heavy atom. The van der Waals surface area contributed by atoms with Crippen molar-refractivity contribution in [3.63, 3.8) is 0 Å². The maximum Gasteiger partial charge on any atom is 0.237 e. The van der Waals surface area contributed by atoms with Crippen LogP contribution in [0.25, 0.3) is 0 Å². The van der Waals surface area contributed by atoms with E-state index in [4.69, 9.17) is 16.3 Å². The van der Waals surface area contributed by atoms with Crippen molar-refractivity contribution in [3.05, 3.63) is 101 Å². The van der Waals surface area contributed by atoms with Crippen LogP contribution in [0.15, 0.2) is 78.9 Å². The van der Waals surface area contributed by atoms with Crippen LogP contribution >= 0.6 is 11.6 Å². The lowest BCUT2D eigenvalue weighted by Gasteiger charge is -2.23. The van der Waals surface area contributed by atoms with Crippen molar-refractivity contribution in [3.8, 4) is 5.75 Å². The molecule has 3 aromatic carbocycles. The zero-order valence-corrected chi connectivity index (χ0v) is 20.3. The molecule has 2 N–H and O–H groups in total.